The van der Waals surface area contributed by atoms with Crippen molar-refractivity contribution in [2.45, 2.75) is 66.2 Å². The molecule has 2 heterocycles. The van der Waals surface area contributed by atoms with Crippen molar-refractivity contribution < 1.29 is 4.79 Å². The Balaban J connectivity index is 1.64. The fourth-order valence-electron chi connectivity index (χ4n) is 4.38. The SMILES string of the molecule is CC[C@H](C)c1nc(C)c(Cc2cc(C)ccc2C)c(N2CCN(C(=O)C3CC3)CC2)n1. The lowest BCUT2D eigenvalue weighted by atomic mass is 9.97. The van der Waals surface area contributed by atoms with Crippen molar-refractivity contribution in [2.24, 2.45) is 5.92 Å². The molecule has 1 aromatic carbocycles. The molecule has 1 aliphatic carbocycles. The third-order valence-corrected chi connectivity index (χ3v) is 6.95. The van der Waals surface area contributed by atoms with E-state index < -0.39 is 0 Å². The van der Waals surface area contributed by atoms with Crippen molar-refractivity contribution in [2.75, 3.05) is 31.1 Å². The lowest BCUT2D eigenvalue weighted by Crippen LogP contribution is -2.49. The summed E-state index contributed by atoms with van der Waals surface area (Å²) in [4.78, 5) is 27.0. The smallest absolute Gasteiger partial charge is 0.225 e. The number of hydrogen-bond donors (Lipinski definition) is 0. The van der Waals surface area contributed by atoms with Gasteiger partial charge in [-0.2, -0.15) is 0 Å². The van der Waals surface area contributed by atoms with Crippen LogP contribution in [0.4, 0.5) is 5.82 Å². The van der Waals surface area contributed by atoms with Crippen LogP contribution >= 0.6 is 0 Å². The van der Waals surface area contributed by atoms with Crippen LogP contribution in [0.1, 0.15) is 72.8 Å². The Morgan fingerprint density at radius 1 is 1.10 bits per heavy atom. The molecule has 2 aromatic rings. The second kappa shape index (κ2) is 8.97. The zero-order valence-corrected chi connectivity index (χ0v) is 19.7. The van der Waals surface area contributed by atoms with Gasteiger partial charge >= 0.3 is 0 Å². The second-order valence-corrected chi connectivity index (χ2v) is 9.47. The summed E-state index contributed by atoms with van der Waals surface area (Å²) in [5, 5.41) is 0. The number of benzene rings is 1. The molecule has 0 bridgehead atoms. The van der Waals surface area contributed by atoms with Gasteiger partial charge in [-0.25, -0.2) is 9.97 Å². The van der Waals surface area contributed by atoms with E-state index in [4.69, 9.17) is 9.97 Å². The van der Waals surface area contributed by atoms with Gasteiger partial charge in [-0.05, 0) is 51.2 Å². The first kappa shape index (κ1) is 21.8. The standard InChI is InChI=1S/C26H36N4O/c1-6-18(3)24-27-20(5)23(16-22-15-17(2)7-8-19(22)4)25(28-24)29-11-13-30(14-12-29)26(31)21-9-10-21/h7-8,15,18,21H,6,9-14,16H2,1-5H3/t18-/m0/s1. The Morgan fingerprint density at radius 3 is 2.45 bits per heavy atom. The molecule has 0 radical (unpaired) electrons. The van der Waals surface area contributed by atoms with Gasteiger partial charge in [0.1, 0.15) is 11.6 Å². The highest BCUT2D eigenvalue weighted by molar-refractivity contribution is 5.81. The first-order valence-electron chi connectivity index (χ1n) is 11.8. The summed E-state index contributed by atoms with van der Waals surface area (Å²) >= 11 is 0. The van der Waals surface area contributed by atoms with Crippen LogP contribution in [-0.4, -0.2) is 47.0 Å². The molecule has 0 spiro atoms. The third-order valence-electron chi connectivity index (χ3n) is 6.95. The molecular weight excluding hydrogens is 384 g/mol. The number of rotatable bonds is 6. The third kappa shape index (κ3) is 4.76. The molecule has 0 N–H and O–H groups in total. The lowest BCUT2D eigenvalue weighted by Gasteiger charge is -2.37. The number of piperazine rings is 1. The molecule has 1 aliphatic heterocycles. The molecular formula is C26H36N4O. The zero-order valence-electron chi connectivity index (χ0n) is 19.7. The molecule has 1 aromatic heterocycles. The fraction of sp³-hybridized carbons (Fsp3) is 0.577. The van der Waals surface area contributed by atoms with E-state index in [1.165, 1.54) is 22.3 Å². The van der Waals surface area contributed by atoms with Gasteiger partial charge in [0.25, 0.3) is 0 Å². The number of hydrogen-bond acceptors (Lipinski definition) is 4. The van der Waals surface area contributed by atoms with E-state index in [9.17, 15) is 4.79 Å². The summed E-state index contributed by atoms with van der Waals surface area (Å²) in [6.45, 7) is 14.1. The van der Waals surface area contributed by atoms with E-state index in [2.05, 4.69) is 62.6 Å². The Morgan fingerprint density at radius 2 is 1.81 bits per heavy atom. The van der Waals surface area contributed by atoms with Gasteiger partial charge in [-0.15, -0.1) is 0 Å². The van der Waals surface area contributed by atoms with Gasteiger partial charge in [0.05, 0.1) is 0 Å². The lowest BCUT2D eigenvalue weighted by molar-refractivity contribution is -0.132. The predicted molar refractivity (Wildman–Crippen MR) is 126 cm³/mol. The highest BCUT2D eigenvalue weighted by atomic mass is 16.2. The van der Waals surface area contributed by atoms with Crippen LogP contribution in [0.3, 0.4) is 0 Å². The van der Waals surface area contributed by atoms with Crippen molar-refractivity contribution in [1.82, 2.24) is 14.9 Å². The fourth-order valence-corrected chi connectivity index (χ4v) is 4.38. The molecule has 31 heavy (non-hydrogen) atoms. The van der Waals surface area contributed by atoms with Gasteiger partial charge in [0.2, 0.25) is 5.91 Å². The van der Waals surface area contributed by atoms with Crippen LogP contribution in [-0.2, 0) is 11.2 Å². The number of amides is 1. The van der Waals surface area contributed by atoms with Gasteiger partial charge in [0, 0.05) is 55.7 Å². The minimum absolute atomic E-state index is 0.296. The van der Waals surface area contributed by atoms with Gasteiger partial charge in [0.15, 0.2) is 0 Å². The molecule has 5 heteroatoms. The van der Waals surface area contributed by atoms with Crippen LogP contribution in [0.25, 0.3) is 0 Å². The Labute approximate surface area is 186 Å². The molecule has 2 aliphatic rings. The van der Waals surface area contributed by atoms with Crippen LogP contribution in [0, 0.1) is 26.7 Å². The molecule has 0 unspecified atom stereocenters. The van der Waals surface area contributed by atoms with E-state index in [0.29, 0.717) is 17.7 Å². The van der Waals surface area contributed by atoms with Crippen molar-refractivity contribution in [3.63, 3.8) is 0 Å². The van der Waals surface area contributed by atoms with Crippen LogP contribution in [0.2, 0.25) is 0 Å². The number of carbonyl (C=O) groups is 1. The topological polar surface area (TPSA) is 49.3 Å². The molecule has 4 rings (SSSR count). The second-order valence-electron chi connectivity index (χ2n) is 9.47. The van der Waals surface area contributed by atoms with Crippen molar-refractivity contribution in [1.29, 1.82) is 0 Å². The monoisotopic (exact) mass is 420 g/mol. The maximum absolute atomic E-state index is 12.5. The highest BCUT2D eigenvalue weighted by Crippen LogP contribution is 2.32. The van der Waals surface area contributed by atoms with E-state index in [-0.39, 0.29) is 0 Å². The molecule has 1 saturated heterocycles. The first-order chi connectivity index (χ1) is 14.9. The van der Waals surface area contributed by atoms with E-state index >= 15 is 0 Å². The Kier molecular flexibility index (Phi) is 6.31. The summed E-state index contributed by atoms with van der Waals surface area (Å²) < 4.78 is 0. The van der Waals surface area contributed by atoms with Gasteiger partial charge < -0.3 is 9.80 Å². The van der Waals surface area contributed by atoms with E-state index in [1.807, 2.05) is 0 Å². The van der Waals surface area contributed by atoms with Crippen molar-refractivity contribution in [3.8, 4) is 0 Å². The summed E-state index contributed by atoms with van der Waals surface area (Å²) in [6.07, 6.45) is 4.01. The minimum atomic E-state index is 0.296. The molecule has 1 saturated carbocycles. The molecule has 166 valence electrons. The number of carbonyl (C=O) groups excluding carboxylic acids is 1. The van der Waals surface area contributed by atoms with Gasteiger partial charge in [-0.1, -0.05) is 37.6 Å². The summed E-state index contributed by atoms with van der Waals surface area (Å²) in [5.41, 5.74) is 6.23. The number of nitrogens with zero attached hydrogens (tertiary/aromatic N) is 4. The molecule has 1 amide bonds. The van der Waals surface area contributed by atoms with Crippen LogP contribution in [0.15, 0.2) is 18.2 Å². The summed E-state index contributed by atoms with van der Waals surface area (Å²) in [6, 6.07) is 6.66. The minimum Gasteiger partial charge on any atom is -0.353 e. The zero-order chi connectivity index (χ0) is 22.1. The number of anilines is 1. The number of aryl methyl sites for hydroxylation is 3. The van der Waals surface area contributed by atoms with E-state index in [1.54, 1.807) is 0 Å². The normalized spacial score (nSPS) is 17.7. The van der Waals surface area contributed by atoms with Crippen LogP contribution < -0.4 is 4.90 Å². The molecule has 1 atom stereocenters. The Bertz CT molecular complexity index is 958. The highest BCUT2D eigenvalue weighted by Gasteiger charge is 2.35. The Hall–Kier alpha value is -2.43. The average Bonchev–Trinajstić information content (AvgIpc) is 3.62. The van der Waals surface area contributed by atoms with Crippen molar-refractivity contribution in [3.05, 3.63) is 52.0 Å². The summed E-state index contributed by atoms with van der Waals surface area (Å²) in [5.74, 6) is 3.00. The molecule has 2 fully saturated rings. The molecule has 5 nitrogen and oxygen atoms in total. The maximum atomic E-state index is 12.5. The maximum Gasteiger partial charge on any atom is 0.225 e. The van der Waals surface area contributed by atoms with Crippen LogP contribution in [0.5, 0.6) is 0 Å². The quantitative estimate of drug-likeness (QED) is 0.687. The average molecular weight is 421 g/mol. The largest absolute Gasteiger partial charge is 0.353 e. The number of aromatic nitrogens is 2. The van der Waals surface area contributed by atoms with Crippen molar-refractivity contribution >= 4 is 11.7 Å². The predicted octanol–water partition coefficient (Wildman–Crippen LogP) is 4.56. The summed E-state index contributed by atoms with van der Waals surface area (Å²) in [7, 11) is 0. The van der Waals surface area contributed by atoms with E-state index in [0.717, 1.165) is 69.2 Å². The first-order valence-corrected chi connectivity index (χ1v) is 11.8. The van der Waals surface area contributed by atoms with Gasteiger partial charge in [-0.3, -0.25) is 4.79 Å².